The van der Waals surface area contributed by atoms with Gasteiger partial charge in [0.1, 0.15) is 5.94 Å². The lowest BCUT2D eigenvalue weighted by molar-refractivity contribution is 0.403. The predicted octanol–water partition coefficient (Wildman–Crippen LogP) is 2.37. The Morgan fingerprint density at radius 2 is 1.94 bits per heavy atom. The minimum Gasteiger partial charge on any atom is -0.481 e. The number of halogens is 2. The van der Waals surface area contributed by atoms with Gasteiger partial charge in [-0.15, -0.1) is 0 Å². The summed E-state index contributed by atoms with van der Waals surface area (Å²) in [5.41, 5.74) is 0.356. The fraction of sp³-hybridized carbons (Fsp3) is 0.0833. The van der Waals surface area contributed by atoms with Crippen molar-refractivity contribution in [1.82, 2.24) is 4.98 Å². The molecule has 0 saturated heterocycles. The van der Waals surface area contributed by atoms with E-state index >= 15 is 0 Å². The molecule has 0 radical (unpaired) electrons. The monoisotopic (exact) mass is 235 g/mol. The molecule has 0 unspecified atom stereocenters. The van der Waals surface area contributed by atoms with Crippen LogP contribution < -0.4 is 4.74 Å². The number of methoxy groups -OCH3 is 1. The first-order valence-electron chi connectivity index (χ1n) is 4.70. The van der Waals surface area contributed by atoms with E-state index in [0.29, 0.717) is 16.3 Å². The number of pyridine rings is 1. The Morgan fingerprint density at radius 3 is 2.53 bits per heavy atom. The molecule has 1 heterocycles. The van der Waals surface area contributed by atoms with Crippen molar-refractivity contribution in [2.45, 2.75) is 0 Å². The summed E-state index contributed by atoms with van der Waals surface area (Å²) in [5.74, 6) is -0.246. The second-order valence-electron chi connectivity index (χ2n) is 3.30. The van der Waals surface area contributed by atoms with Crippen molar-refractivity contribution in [3.05, 3.63) is 35.5 Å². The lowest BCUT2D eigenvalue weighted by Crippen LogP contribution is -1.94. The van der Waals surface area contributed by atoms with Crippen LogP contribution in [0.5, 0.6) is 5.88 Å². The largest absolute Gasteiger partial charge is 0.481 e. The lowest BCUT2D eigenvalue weighted by Gasteiger charge is -2.07. The number of ether oxygens (including phenoxy) is 1. The molecule has 3 nitrogen and oxygen atoms in total. The van der Waals surface area contributed by atoms with Crippen molar-refractivity contribution >= 4 is 22.8 Å². The molecule has 0 bridgehead atoms. The SMILES string of the molecule is COc1ncc(C=C=O)c2cc(F)c(F)cc12. The van der Waals surface area contributed by atoms with Gasteiger partial charge in [0.05, 0.1) is 7.11 Å². The highest BCUT2D eigenvalue weighted by Gasteiger charge is 2.11. The van der Waals surface area contributed by atoms with Crippen molar-refractivity contribution < 1.29 is 18.3 Å². The summed E-state index contributed by atoms with van der Waals surface area (Å²) in [6.45, 7) is 0. The molecule has 1 aromatic heterocycles. The summed E-state index contributed by atoms with van der Waals surface area (Å²) in [5, 5.41) is 0.648. The van der Waals surface area contributed by atoms with Gasteiger partial charge in [0, 0.05) is 23.2 Å². The van der Waals surface area contributed by atoms with Gasteiger partial charge in [-0.1, -0.05) is 0 Å². The van der Waals surface area contributed by atoms with Gasteiger partial charge in [0.2, 0.25) is 5.88 Å². The maximum atomic E-state index is 13.2. The Balaban J connectivity index is 2.89. The minimum absolute atomic E-state index is 0.168. The Bertz CT molecular complexity index is 634. The molecule has 0 aliphatic heterocycles. The molecule has 1 aromatic carbocycles. The number of hydrogen-bond acceptors (Lipinski definition) is 3. The Hall–Kier alpha value is -2.26. The zero-order valence-corrected chi connectivity index (χ0v) is 8.83. The highest BCUT2D eigenvalue weighted by Crippen LogP contribution is 2.28. The molecule has 5 heteroatoms. The molecule has 0 fully saturated rings. The van der Waals surface area contributed by atoms with Crippen molar-refractivity contribution in [2.75, 3.05) is 7.11 Å². The smallest absolute Gasteiger partial charge is 0.221 e. The molecule has 0 saturated carbocycles. The molecule has 0 aliphatic rings. The summed E-state index contributed by atoms with van der Waals surface area (Å²) >= 11 is 0. The molecule has 17 heavy (non-hydrogen) atoms. The molecule has 86 valence electrons. The first kappa shape index (κ1) is 11.2. The zero-order chi connectivity index (χ0) is 12.4. The molecule has 2 rings (SSSR count). The van der Waals surface area contributed by atoms with E-state index in [-0.39, 0.29) is 5.88 Å². The first-order chi connectivity index (χ1) is 8.17. The van der Waals surface area contributed by atoms with Crippen LogP contribution in [-0.4, -0.2) is 18.0 Å². The Labute approximate surface area is 95.3 Å². The van der Waals surface area contributed by atoms with E-state index in [4.69, 9.17) is 4.74 Å². The molecular weight excluding hydrogens is 228 g/mol. The molecular formula is C12H7F2NO2. The van der Waals surface area contributed by atoms with Crippen LogP contribution in [-0.2, 0) is 4.79 Å². The van der Waals surface area contributed by atoms with E-state index in [1.807, 2.05) is 0 Å². The normalized spacial score (nSPS) is 10.1. The van der Waals surface area contributed by atoms with Gasteiger partial charge in [0.15, 0.2) is 11.6 Å². The van der Waals surface area contributed by atoms with Crippen molar-refractivity contribution in [3.63, 3.8) is 0 Å². The fourth-order valence-corrected chi connectivity index (χ4v) is 1.57. The summed E-state index contributed by atoms with van der Waals surface area (Å²) in [6.07, 6.45) is 2.44. The standard InChI is InChI=1S/C12H7F2NO2/c1-17-12-9-5-11(14)10(13)4-8(9)7(2-3-16)6-15-12/h2,4-6H,1H3. The van der Waals surface area contributed by atoms with Gasteiger partial charge in [0.25, 0.3) is 0 Å². The van der Waals surface area contributed by atoms with Gasteiger partial charge < -0.3 is 4.74 Å². The van der Waals surface area contributed by atoms with Gasteiger partial charge in [-0.3, -0.25) is 0 Å². The fourth-order valence-electron chi connectivity index (χ4n) is 1.57. The summed E-state index contributed by atoms with van der Waals surface area (Å²) in [6, 6.07) is 1.98. The van der Waals surface area contributed by atoms with Crippen LogP contribution in [0.15, 0.2) is 18.3 Å². The predicted molar refractivity (Wildman–Crippen MR) is 58.4 cm³/mol. The van der Waals surface area contributed by atoms with Crippen molar-refractivity contribution in [2.24, 2.45) is 0 Å². The van der Waals surface area contributed by atoms with Gasteiger partial charge in [-0.25, -0.2) is 18.6 Å². The molecule has 0 atom stereocenters. The van der Waals surface area contributed by atoms with Crippen molar-refractivity contribution in [1.29, 1.82) is 0 Å². The zero-order valence-electron chi connectivity index (χ0n) is 8.83. The van der Waals surface area contributed by atoms with E-state index in [2.05, 4.69) is 4.98 Å². The maximum absolute atomic E-state index is 13.2. The molecule has 0 spiro atoms. The number of benzene rings is 1. The third-order valence-corrected chi connectivity index (χ3v) is 2.33. The van der Waals surface area contributed by atoms with Crippen LogP contribution in [0.25, 0.3) is 16.8 Å². The second kappa shape index (κ2) is 4.31. The molecule has 2 aromatic rings. The highest BCUT2D eigenvalue weighted by atomic mass is 19.2. The highest BCUT2D eigenvalue weighted by molar-refractivity contribution is 5.96. The number of rotatable bonds is 2. The second-order valence-corrected chi connectivity index (χ2v) is 3.30. The van der Waals surface area contributed by atoms with Crippen LogP contribution in [0.3, 0.4) is 0 Å². The summed E-state index contributed by atoms with van der Waals surface area (Å²) in [7, 11) is 1.37. The van der Waals surface area contributed by atoms with Gasteiger partial charge in [-0.05, 0) is 17.5 Å². The number of fused-ring (bicyclic) bond motifs is 1. The molecule has 0 aliphatic carbocycles. The Morgan fingerprint density at radius 1 is 1.29 bits per heavy atom. The van der Waals surface area contributed by atoms with Gasteiger partial charge >= 0.3 is 0 Å². The van der Waals surface area contributed by atoms with Crippen LogP contribution >= 0.6 is 0 Å². The van der Waals surface area contributed by atoms with Crippen LogP contribution in [0, 0.1) is 11.6 Å². The van der Waals surface area contributed by atoms with E-state index in [9.17, 15) is 13.6 Å². The first-order valence-corrected chi connectivity index (χ1v) is 4.70. The third-order valence-electron chi connectivity index (χ3n) is 2.33. The Kier molecular flexibility index (Phi) is 2.85. The molecule has 0 amide bonds. The molecule has 0 N–H and O–H groups in total. The average Bonchev–Trinajstić information content (AvgIpc) is 2.32. The van der Waals surface area contributed by atoms with Gasteiger partial charge in [-0.2, -0.15) is 0 Å². The van der Waals surface area contributed by atoms with E-state index in [1.165, 1.54) is 13.3 Å². The minimum atomic E-state index is -0.996. The number of hydrogen-bond donors (Lipinski definition) is 0. The van der Waals surface area contributed by atoms with Crippen LogP contribution in [0.1, 0.15) is 5.56 Å². The van der Waals surface area contributed by atoms with Crippen molar-refractivity contribution in [3.8, 4) is 5.88 Å². The summed E-state index contributed by atoms with van der Waals surface area (Å²) < 4.78 is 31.2. The third kappa shape index (κ3) is 1.88. The average molecular weight is 235 g/mol. The van der Waals surface area contributed by atoms with E-state index < -0.39 is 11.6 Å². The number of carbonyl (C=O) groups excluding carboxylic acids is 1. The van der Waals surface area contributed by atoms with Crippen LogP contribution in [0.2, 0.25) is 0 Å². The lowest BCUT2D eigenvalue weighted by atomic mass is 10.1. The van der Waals surface area contributed by atoms with Crippen LogP contribution in [0.4, 0.5) is 8.78 Å². The van der Waals surface area contributed by atoms with E-state index in [1.54, 1.807) is 5.94 Å². The number of nitrogens with zero attached hydrogens (tertiary/aromatic N) is 1. The summed E-state index contributed by atoms with van der Waals surface area (Å²) in [4.78, 5) is 14.2. The number of aromatic nitrogens is 1. The maximum Gasteiger partial charge on any atom is 0.221 e. The topological polar surface area (TPSA) is 39.2 Å². The quantitative estimate of drug-likeness (QED) is 0.750. The van der Waals surface area contributed by atoms with E-state index in [0.717, 1.165) is 18.2 Å².